The maximum Gasteiger partial charge on any atom is 0.326 e. The normalized spacial score (nSPS) is 17.4. The predicted octanol–water partition coefficient (Wildman–Crippen LogP) is 3.41. The maximum atomic E-state index is 13.6. The standard InChI is InChI=1S/C27H34N4O5/c1-5-17(4)22(24(32)29-20(26(34)35)15-18-11-7-6-8-12-18)30-27(36)31-21-14-10-9-13-19(21)28-25(33)23(31)16(2)3/h6-14,16-17,20,22-23H,5,15H2,1-4H3,(H,28,33)(H,29,32)(H,30,36)(H,34,35)/t17-,20-,22-,23+/m0/s1. The Balaban J connectivity index is 1.85. The number of carbonyl (C=O) groups excluding carboxylic acids is 3. The molecule has 2 aromatic carbocycles. The molecule has 1 aliphatic rings. The molecule has 0 unspecified atom stereocenters. The second-order valence-electron chi connectivity index (χ2n) is 9.47. The molecule has 0 aromatic heterocycles. The molecule has 1 aliphatic heterocycles. The van der Waals surface area contributed by atoms with Gasteiger partial charge in [0.2, 0.25) is 11.8 Å². The Kier molecular flexibility index (Phi) is 8.68. The lowest BCUT2D eigenvalue weighted by Gasteiger charge is -2.39. The van der Waals surface area contributed by atoms with Crippen LogP contribution < -0.4 is 20.9 Å². The van der Waals surface area contributed by atoms with Gasteiger partial charge in [-0.1, -0.05) is 76.6 Å². The van der Waals surface area contributed by atoms with E-state index in [9.17, 15) is 24.3 Å². The number of aliphatic carboxylic acids is 1. The van der Waals surface area contributed by atoms with E-state index in [2.05, 4.69) is 16.0 Å². The van der Waals surface area contributed by atoms with Gasteiger partial charge in [0.05, 0.1) is 11.4 Å². The lowest BCUT2D eigenvalue weighted by Crippen LogP contribution is -2.61. The monoisotopic (exact) mass is 494 g/mol. The first kappa shape index (κ1) is 26.7. The molecule has 9 heteroatoms. The number of nitrogens with zero attached hydrogens (tertiary/aromatic N) is 1. The topological polar surface area (TPSA) is 128 Å². The third-order valence-corrected chi connectivity index (χ3v) is 6.49. The van der Waals surface area contributed by atoms with Gasteiger partial charge in [0.25, 0.3) is 0 Å². The van der Waals surface area contributed by atoms with Crippen LogP contribution in [0.3, 0.4) is 0 Å². The molecule has 36 heavy (non-hydrogen) atoms. The number of hydrogen-bond acceptors (Lipinski definition) is 4. The van der Waals surface area contributed by atoms with Crippen molar-refractivity contribution in [3.8, 4) is 0 Å². The van der Waals surface area contributed by atoms with Crippen molar-refractivity contribution in [2.24, 2.45) is 11.8 Å². The highest BCUT2D eigenvalue weighted by Crippen LogP contribution is 2.34. The van der Waals surface area contributed by atoms with Crippen molar-refractivity contribution in [2.45, 2.75) is 58.7 Å². The van der Waals surface area contributed by atoms with Gasteiger partial charge in [0.15, 0.2) is 0 Å². The third-order valence-electron chi connectivity index (χ3n) is 6.49. The molecule has 4 amide bonds. The van der Waals surface area contributed by atoms with Crippen molar-refractivity contribution in [1.29, 1.82) is 0 Å². The number of benzene rings is 2. The summed E-state index contributed by atoms with van der Waals surface area (Å²) in [5, 5.41) is 18.0. The highest BCUT2D eigenvalue weighted by atomic mass is 16.4. The van der Waals surface area contributed by atoms with Crippen molar-refractivity contribution >= 4 is 35.2 Å². The fourth-order valence-corrected chi connectivity index (χ4v) is 4.32. The molecule has 2 aromatic rings. The van der Waals surface area contributed by atoms with Gasteiger partial charge >= 0.3 is 12.0 Å². The molecular weight excluding hydrogens is 460 g/mol. The average Bonchev–Trinajstić information content (AvgIpc) is 2.85. The van der Waals surface area contributed by atoms with Gasteiger partial charge in [-0.15, -0.1) is 0 Å². The number of para-hydroxylation sites is 2. The van der Waals surface area contributed by atoms with Crippen LogP contribution in [0.1, 0.15) is 39.7 Å². The number of fused-ring (bicyclic) bond motifs is 1. The molecule has 4 N–H and O–H groups in total. The lowest BCUT2D eigenvalue weighted by atomic mass is 9.96. The van der Waals surface area contributed by atoms with E-state index < -0.39 is 36.0 Å². The first-order valence-corrected chi connectivity index (χ1v) is 12.2. The zero-order chi connectivity index (χ0) is 26.4. The van der Waals surface area contributed by atoms with Gasteiger partial charge in [-0.05, 0) is 29.5 Å². The summed E-state index contributed by atoms with van der Waals surface area (Å²) in [6.45, 7) is 7.39. The van der Waals surface area contributed by atoms with Crippen molar-refractivity contribution in [2.75, 3.05) is 10.2 Å². The van der Waals surface area contributed by atoms with Crippen LogP contribution in [0, 0.1) is 11.8 Å². The van der Waals surface area contributed by atoms with E-state index in [1.165, 1.54) is 4.90 Å². The van der Waals surface area contributed by atoms with Crippen LogP contribution in [0.5, 0.6) is 0 Å². The van der Waals surface area contributed by atoms with Crippen LogP contribution in [-0.4, -0.2) is 47.0 Å². The van der Waals surface area contributed by atoms with E-state index >= 15 is 0 Å². The summed E-state index contributed by atoms with van der Waals surface area (Å²) in [7, 11) is 0. The summed E-state index contributed by atoms with van der Waals surface area (Å²) < 4.78 is 0. The number of urea groups is 1. The number of rotatable bonds is 9. The zero-order valence-corrected chi connectivity index (χ0v) is 21.0. The first-order valence-electron chi connectivity index (χ1n) is 12.2. The summed E-state index contributed by atoms with van der Waals surface area (Å²) in [6.07, 6.45) is 0.678. The molecule has 0 saturated heterocycles. The SMILES string of the molecule is CC[C@H](C)[C@H](NC(=O)N1c2ccccc2NC(=O)[C@H]1C(C)C)C(=O)N[C@@H](Cc1ccccc1)C(=O)O. The molecule has 0 radical (unpaired) electrons. The molecule has 0 fully saturated rings. The van der Waals surface area contributed by atoms with E-state index in [1.807, 2.05) is 33.8 Å². The summed E-state index contributed by atoms with van der Waals surface area (Å²) in [4.78, 5) is 53.0. The lowest BCUT2D eigenvalue weighted by molar-refractivity contribution is -0.142. The number of anilines is 2. The van der Waals surface area contributed by atoms with Crippen molar-refractivity contribution in [3.63, 3.8) is 0 Å². The number of carboxylic acid groups (broad SMARTS) is 1. The van der Waals surface area contributed by atoms with Crippen LogP contribution in [0.2, 0.25) is 0 Å². The zero-order valence-electron chi connectivity index (χ0n) is 21.0. The van der Waals surface area contributed by atoms with Crippen LogP contribution in [-0.2, 0) is 20.8 Å². The minimum Gasteiger partial charge on any atom is -0.480 e. The van der Waals surface area contributed by atoms with Crippen molar-refractivity contribution < 1.29 is 24.3 Å². The molecule has 9 nitrogen and oxygen atoms in total. The van der Waals surface area contributed by atoms with Gasteiger partial charge in [-0.3, -0.25) is 14.5 Å². The molecule has 192 valence electrons. The molecule has 0 bridgehead atoms. The molecule has 3 rings (SSSR count). The number of carbonyl (C=O) groups is 4. The summed E-state index contributed by atoms with van der Waals surface area (Å²) in [6, 6.07) is 12.5. The van der Waals surface area contributed by atoms with E-state index in [4.69, 9.17) is 0 Å². The van der Waals surface area contributed by atoms with E-state index in [0.29, 0.717) is 17.8 Å². The van der Waals surface area contributed by atoms with Gasteiger partial charge in [-0.2, -0.15) is 0 Å². The minimum atomic E-state index is -1.16. The molecule has 0 aliphatic carbocycles. The van der Waals surface area contributed by atoms with Crippen LogP contribution in [0.15, 0.2) is 54.6 Å². The number of carboxylic acids is 1. The Bertz CT molecular complexity index is 1100. The highest BCUT2D eigenvalue weighted by molar-refractivity contribution is 6.12. The first-order chi connectivity index (χ1) is 17.1. The molecular formula is C27H34N4O5. The summed E-state index contributed by atoms with van der Waals surface area (Å²) >= 11 is 0. The Morgan fingerprint density at radius 3 is 2.25 bits per heavy atom. The Hall–Kier alpha value is -3.88. The van der Waals surface area contributed by atoms with Gasteiger partial charge in [0.1, 0.15) is 18.1 Å². The van der Waals surface area contributed by atoms with Gasteiger partial charge in [-0.25, -0.2) is 9.59 Å². The van der Waals surface area contributed by atoms with Crippen molar-refractivity contribution in [3.05, 3.63) is 60.2 Å². The largest absolute Gasteiger partial charge is 0.480 e. The van der Waals surface area contributed by atoms with Gasteiger partial charge < -0.3 is 21.1 Å². The molecule has 1 heterocycles. The average molecular weight is 495 g/mol. The van der Waals surface area contributed by atoms with Crippen LogP contribution >= 0.6 is 0 Å². The van der Waals surface area contributed by atoms with E-state index in [1.54, 1.807) is 48.5 Å². The third kappa shape index (κ3) is 6.02. The molecule has 0 saturated carbocycles. The fourth-order valence-electron chi connectivity index (χ4n) is 4.32. The second-order valence-corrected chi connectivity index (χ2v) is 9.47. The van der Waals surface area contributed by atoms with E-state index in [-0.39, 0.29) is 24.2 Å². The smallest absolute Gasteiger partial charge is 0.326 e. The summed E-state index contributed by atoms with van der Waals surface area (Å²) in [5.41, 5.74) is 1.81. The quantitative estimate of drug-likeness (QED) is 0.425. The van der Waals surface area contributed by atoms with Crippen molar-refractivity contribution in [1.82, 2.24) is 10.6 Å². The Morgan fingerprint density at radius 1 is 1.00 bits per heavy atom. The highest BCUT2D eigenvalue weighted by Gasteiger charge is 2.40. The van der Waals surface area contributed by atoms with E-state index in [0.717, 1.165) is 5.56 Å². The van der Waals surface area contributed by atoms with Crippen LogP contribution in [0.25, 0.3) is 0 Å². The minimum absolute atomic E-state index is 0.109. The van der Waals surface area contributed by atoms with Crippen LogP contribution in [0.4, 0.5) is 16.2 Å². The Morgan fingerprint density at radius 2 is 1.64 bits per heavy atom. The fraction of sp³-hybridized carbons (Fsp3) is 0.407. The predicted molar refractivity (Wildman–Crippen MR) is 138 cm³/mol. The summed E-state index contributed by atoms with van der Waals surface area (Å²) in [5.74, 6) is -2.54. The number of hydrogen-bond donors (Lipinski definition) is 4. The maximum absolute atomic E-state index is 13.6. The second kappa shape index (κ2) is 11.7. The Labute approximate surface area is 211 Å². The molecule has 0 spiro atoms. The number of amides is 4. The van der Waals surface area contributed by atoms with Gasteiger partial charge in [0, 0.05) is 6.42 Å². The number of nitrogens with one attached hydrogen (secondary N) is 3. The molecule has 4 atom stereocenters.